The minimum absolute atomic E-state index is 0.0580. The second-order valence-electron chi connectivity index (χ2n) is 6.57. The molecule has 1 aliphatic heterocycles. The van der Waals surface area contributed by atoms with E-state index < -0.39 is 24.0 Å². The van der Waals surface area contributed by atoms with Crippen molar-refractivity contribution in [1.29, 1.82) is 0 Å². The monoisotopic (exact) mass is 344 g/mol. The van der Waals surface area contributed by atoms with Gasteiger partial charge in [0.15, 0.2) is 5.69 Å². The number of carbonyl (C=O) groups is 2. The Bertz CT molecular complexity index is 788. The standard InChI is InChI=1S/C18H21FN4O2/c1-11(2)15-9-14(21-23(15)13-6-4-3-5-7-13)18(25)22-10-12(19)8-16(22)17(20)24/h3-7,9,11-12,16H,8,10H2,1-2H3,(H2,20,24)/t12-,16+/m1/s1. The summed E-state index contributed by atoms with van der Waals surface area (Å²) in [5.74, 6) is -1.03. The van der Waals surface area contributed by atoms with Crippen molar-refractivity contribution in [2.75, 3.05) is 6.54 Å². The van der Waals surface area contributed by atoms with Crippen molar-refractivity contribution >= 4 is 11.8 Å². The normalized spacial score (nSPS) is 20.2. The second-order valence-corrected chi connectivity index (χ2v) is 6.57. The third-order valence-corrected chi connectivity index (χ3v) is 4.39. The Labute approximate surface area is 145 Å². The van der Waals surface area contributed by atoms with Gasteiger partial charge in [0.25, 0.3) is 5.91 Å². The van der Waals surface area contributed by atoms with E-state index in [1.165, 1.54) is 4.90 Å². The summed E-state index contributed by atoms with van der Waals surface area (Å²) in [6.45, 7) is 3.87. The average molecular weight is 344 g/mol. The highest BCUT2D eigenvalue weighted by Crippen LogP contribution is 2.25. The molecule has 1 aliphatic rings. The summed E-state index contributed by atoms with van der Waals surface area (Å²) in [5.41, 5.74) is 7.20. The Kier molecular flexibility index (Phi) is 4.57. The van der Waals surface area contributed by atoms with Crippen LogP contribution < -0.4 is 5.73 Å². The Morgan fingerprint density at radius 3 is 2.56 bits per heavy atom. The number of hydrogen-bond acceptors (Lipinski definition) is 3. The predicted octanol–water partition coefficient (Wildman–Crippen LogP) is 2.03. The average Bonchev–Trinajstić information content (AvgIpc) is 3.19. The highest BCUT2D eigenvalue weighted by atomic mass is 19.1. The number of para-hydroxylation sites is 1. The summed E-state index contributed by atoms with van der Waals surface area (Å²) in [4.78, 5) is 25.5. The number of nitrogens with zero attached hydrogens (tertiary/aromatic N) is 3. The van der Waals surface area contributed by atoms with Crippen LogP contribution in [0.2, 0.25) is 0 Å². The summed E-state index contributed by atoms with van der Waals surface area (Å²) in [7, 11) is 0. The Balaban J connectivity index is 1.98. The van der Waals surface area contributed by atoms with E-state index in [0.29, 0.717) is 0 Å². The molecule has 2 aromatic rings. The fraction of sp³-hybridized carbons (Fsp3) is 0.389. The number of rotatable bonds is 4. The summed E-state index contributed by atoms with van der Waals surface area (Å²) < 4.78 is 15.4. The van der Waals surface area contributed by atoms with Crippen molar-refractivity contribution in [2.45, 2.75) is 38.4 Å². The van der Waals surface area contributed by atoms with Crippen molar-refractivity contribution in [2.24, 2.45) is 5.73 Å². The highest BCUT2D eigenvalue weighted by molar-refractivity contribution is 5.96. The van der Waals surface area contributed by atoms with E-state index in [0.717, 1.165) is 11.4 Å². The van der Waals surface area contributed by atoms with Crippen molar-refractivity contribution in [3.05, 3.63) is 47.8 Å². The lowest BCUT2D eigenvalue weighted by atomic mass is 10.1. The van der Waals surface area contributed by atoms with Crippen LogP contribution in [0.15, 0.2) is 36.4 Å². The van der Waals surface area contributed by atoms with Crippen LogP contribution in [0.4, 0.5) is 4.39 Å². The lowest BCUT2D eigenvalue weighted by Gasteiger charge is -2.20. The van der Waals surface area contributed by atoms with E-state index in [9.17, 15) is 14.0 Å². The predicted molar refractivity (Wildman–Crippen MR) is 91.2 cm³/mol. The van der Waals surface area contributed by atoms with Crippen molar-refractivity contribution in [1.82, 2.24) is 14.7 Å². The van der Waals surface area contributed by atoms with E-state index in [1.54, 1.807) is 10.7 Å². The molecule has 0 spiro atoms. The molecule has 25 heavy (non-hydrogen) atoms. The number of amides is 2. The second kappa shape index (κ2) is 6.66. The molecule has 132 valence electrons. The number of alkyl halides is 1. The molecule has 7 heteroatoms. The summed E-state index contributed by atoms with van der Waals surface area (Å²) in [6.07, 6.45) is -1.31. The number of carbonyl (C=O) groups excluding carboxylic acids is 2. The minimum atomic E-state index is -1.25. The zero-order chi connectivity index (χ0) is 18.1. The van der Waals surface area contributed by atoms with Crippen LogP contribution in [0.5, 0.6) is 0 Å². The molecule has 1 aromatic heterocycles. The van der Waals surface area contributed by atoms with Gasteiger partial charge < -0.3 is 10.6 Å². The van der Waals surface area contributed by atoms with Gasteiger partial charge in [0.05, 0.1) is 12.2 Å². The molecular formula is C18H21FN4O2. The van der Waals surface area contributed by atoms with Crippen LogP contribution in [-0.4, -0.2) is 45.3 Å². The zero-order valence-electron chi connectivity index (χ0n) is 14.2. The number of primary amides is 1. The summed E-state index contributed by atoms with van der Waals surface area (Å²) in [6, 6.07) is 10.2. The first-order valence-electron chi connectivity index (χ1n) is 8.28. The SMILES string of the molecule is CC(C)c1cc(C(=O)N2C[C@H](F)C[C@H]2C(N)=O)nn1-c1ccccc1. The molecule has 1 saturated heterocycles. The van der Waals surface area contributed by atoms with Crippen LogP contribution in [0.1, 0.15) is 42.4 Å². The third-order valence-electron chi connectivity index (χ3n) is 4.39. The largest absolute Gasteiger partial charge is 0.368 e. The van der Waals surface area contributed by atoms with Crippen molar-refractivity contribution < 1.29 is 14.0 Å². The van der Waals surface area contributed by atoms with Gasteiger partial charge in [-0.05, 0) is 24.1 Å². The molecule has 2 amide bonds. The van der Waals surface area contributed by atoms with E-state index in [4.69, 9.17) is 5.73 Å². The maximum Gasteiger partial charge on any atom is 0.275 e. The van der Waals surface area contributed by atoms with Gasteiger partial charge >= 0.3 is 0 Å². The molecule has 1 aromatic carbocycles. The fourth-order valence-electron chi connectivity index (χ4n) is 3.11. The van der Waals surface area contributed by atoms with Gasteiger partial charge in [-0.1, -0.05) is 32.0 Å². The van der Waals surface area contributed by atoms with E-state index >= 15 is 0 Å². The van der Waals surface area contributed by atoms with Gasteiger partial charge in [0.1, 0.15) is 12.2 Å². The van der Waals surface area contributed by atoms with Crippen LogP contribution in [0, 0.1) is 0 Å². The number of aromatic nitrogens is 2. The topological polar surface area (TPSA) is 81.2 Å². The summed E-state index contributed by atoms with van der Waals surface area (Å²) >= 11 is 0. The lowest BCUT2D eigenvalue weighted by molar-refractivity contribution is -0.121. The molecule has 2 heterocycles. The van der Waals surface area contributed by atoms with Crippen LogP contribution in [0.25, 0.3) is 5.69 Å². The Morgan fingerprint density at radius 1 is 1.28 bits per heavy atom. The molecule has 0 radical (unpaired) electrons. The number of hydrogen-bond donors (Lipinski definition) is 1. The maximum absolute atomic E-state index is 13.7. The van der Waals surface area contributed by atoms with Gasteiger partial charge in [0.2, 0.25) is 5.91 Å². The molecule has 6 nitrogen and oxygen atoms in total. The quantitative estimate of drug-likeness (QED) is 0.921. The molecular weight excluding hydrogens is 323 g/mol. The lowest BCUT2D eigenvalue weighted by Crippen LogP contribution is -2.43. The minimum Gasteiger partial charge on any atom is -0.368 e. The fourth-order valence-corrected chi connectivity index (χ4v) is 3.11. The third kappa shape index (κ3) is 3.26. The number of nitrogens with two attached hydrogens (primary N) is 1. The maximum atomic E-state index is 13.7. The van der Waals surface area contributed by atoms with Gasteiger partial charge in [-0.15, -0.1) is 0 Å². The van der Waals surface area contributed by atoms with Crippen molar-refractivity contribution in [3.63, 3.8) is 0 Å². The number of benzene rings is 1. The molecule has 3 rings (SSSR count). The Hall–Kier alpha value is -2.70. The van der Waals surface area contributed by atoms with E-state index in [1.807, 2.05) is 44.2 Å². The first-order chi connectivity index (χ1) is 11.9. The smallest absolute Gasteiger partial charge is 0.275 e. The van der Waals surface area contributed by atoms with E-state index in [-0.39, 0.29) is 24.6 Å². The molecule has 0 unspecified atom stereocenters. The van der Waals surface area contributed by atoms with Gasteiger partial charge in [-0.25, -0.2) is 9.07 Å². The number of halogens is 1. The number of likely N-dealkylation sites (tertiary alicyclic amines) is 1. The van der Waals surface area contributed by atoms with E-state index in [2.05, 4.69) is 5.10 Å². The molecule has 1 fully saturated rings. The first kappa shape index (κ1) is 17.1. The molecule has 2 N–H and O–H groups in total. The van der Waals surface area contributed by atoms with Crippen LogP contribution >= 0.6 is 0 Å². The zero-order valence-corrected chi connectivity index (χ0v) is 14.2. The van der Waals surface area contributed by atoms with Crippen LogP contribution in [0.3, 0.4) is 0 Å². The first-order valence-corrected chi connectivity index (χ1v) is 8.28. The highest BCUT2D eigenvalue weighted by Gasteiger charge is 2.40. The van der Waals surface area contributed by atoms with Gasteiger partial charge in [-0.3, -0.25) is 9.59 Å². The van der Waals surface area contributed by atoms with Gasteiger partial charge in [-0.2, -0.15) is 5.10 Å². The molecule has 2 atom stereocenters. The summed E-state index contributed by atoms with van der Waals surface area (Å²) in [5, 5.41) is 4.42. The molecule has 0 saturated carbocycles. The molecule has 0 aliphatic carbocycles. The van der Waals surface area contributed by atoms with Crippen molar-refractivity contribution in [3.8, 4) is 5.69 Å². The molecule has 0 bridgehead atoms. The van der Waals surface area contributed by atoms with Crippen LogP contribution in [-0.2, 0) is 4.79 Å². The van der Waals surface area contributed by atoms with Gasteiger partial charge in [0, 0.05) is 12.1 Å². The Morgan fingerprint density at radius 2 is 1.96 bits per heavy atom.